The number of hydrogen-bond donors (Lipinski definition) is 3. The lowest BCUT2D eigenvalue weighted by atomic mass is 9.97. The van der Waals surface area contributed by atoms with Gasteiger partial charge in [-0.1, -0.05) is 19.4 Å². The summed E-state index contributed by atoms with van der Waals surface area (Å²) in [7, 11) is 3.10. The summed E-state index contributed by atoms with van der Waals surface area (Å²) in [6.07, 6.45) is 8.71. The third-order valence-electron chi connectivity index (χ3n) is 5.54. The van der Waals surface area contributed by atoms with E-state index in [9.17, 15) is 4.79 Å². The maximum atomic E-state index is 12.3. The van der Waals surface area contributed by atoms with E-state index in [1.165, 1.54) is 12.7 Å². The van der Waals surface area contributed by atoms with Gasteiger partial charge in [-0.3, -0.25) is 9.63 Å². The molecule has 1 aliphatic heterocycles. The van der Waals surface area contributed by atoms with Crippen LogP contribution in [0.1, 0.15) is 54.6 Å². The van der Waals surface area contributed by atoms with Gasteiger partial charge in [0.25, 0.3) is 5.91 Å². The van der Waals surface area contributed by atoms with Crippen LogP contribution in [0.5, 0.6) is 5.75 Å². The quantitative estimate of drug-likeness (QED) is 0.436. The molecule has 0 aliphatic carbocycles. The Bertz CT molecular complexity index is 1000. The lowest BCUT2D eigenvalue weighted by Gasteiger charge is -2.31. The molecule has 33 heavy (non-hydrogen) atoms. The molecule has 0 aromatic heterocycles. The Morgan fingerprint density at radius 1 is 1.06 bits per heavy atom. The summed E-state index contributed by atoms with van der Waals surface area (Å²) in [5.74, 6) is -0.0315. The van der Waals surface area contributed by atoms with E-state index in [-0.39, 0.29) is 5.91 Å². The average Bonchev–Trinajstić information content (AvgIpc) is 2.83. The first-order valence-corrected chi connectivity index (χ1v) is 11.3. The summed E-state index contributed by atoms with van der Waals surface area (Å²) in [5.41, 5.74) is 7.40. The number of allylic oxidation sites excluding steroid dienone is 1. The first-order valence-electron chi connectivity index (χ1n) is 11.3. The van der Waals surface area contributed by atoms with E-state index in [1.807, 2.05) is 55.7 Å². The maximum absolute atomic E-state index is 12.3. The van der Waals surface area contributed by atoms with E-state index in [1.54, 1.807) is 7.11 Å². The van der Waals surface area contributed by atoms with Gasteiger partial charge < -0.3 is 15.4 Å². The van der Waals surface area contributed by atoms with Gasteiger partial charge in [0.05, 0.1) is 14.2 Å². The van der Waals surface area contributed by atoms with Crippen LogP contribution in [0.15, 0.2) is 59.2 Å². The van der Waals surface area contributed by atoms with Crippen molar-refractivity contribution in [3.8, 4) is 5.75 Å². The van der Waals surface area contributed by atoms with Crippen LogP contribution >= 0.6 is 0 Å². The number of rotatable bonds is 11. The second-order valence-corrected chi connectivity index (χ2v) is 8.32. The third kappa shape index (κ3) is 7.08. The van der Waals surface area contributed by atoms with E-state index in [0.717, 1.165) is 54.7 Å². The van der Waals surface area contributed by atoms with Crippen LogP contribution in [0.25, 0.3) is 0 Å². The Balaban J connectivity index is 1.62. The van der Waals surface area contributed by atoms with Crippen molar-refractivity contribution in [3.63, 3.8) is 0 Å². The molecule has 0 bridgehead atoms. The number of hydroxylamine groups is 1. The van der Waals surface area contributed by atoms with Crippen molar-refractivity contribution < 1.29 is 14.4 Å². The highest BCUT2D eigenvalue weighted by atomic mass is 16.6. The number of carbonyl (C=O) groups excluding carboxylic acids is 1. The summed E-state index contributed by atoms with van der Waals surface area (Å²) in [4.78, 5) is 21.8. The van der Waals surface area contributed by atoms with Crippen LogP contribution in [-0.4, -0.2) is 32.1 Å². The summed E-state index contributed by atoms with van der Waals surface area (Å²) in [6, 6.07) is 13.8. The zero-order chi connectivity index (χ0) is 23.7. The molecule has 1 amide bonds. The number of nitrogens with zero attached hydrogens (tertiary/aromatic N) is 1. The normalized spacial score (nSPS) is 17.2. The van der Waals surface area contributed by atoms with Crippen LogP contribution in [0.4, 0.5) is 5.69 Å². The fraction of sp³-hybridized carbons (Fsp3) is 0.385. The molecule has 2 aromatic carbocycles. The Labute approximate surface area is 196 Å². The molecular formula is C26H34N4O3. The third-order valence-corrected chi connectivity index (χ3v) is 5.54. The SMILES string of the molecule is CCCCc1cc(CCC2=CNC(C)(Nc3ccc(OC)cc3)N=C2)cc(C(=O)NOC)c1. The molecule has 1 unspecified atom stereocenters. The van der Waals surface area contributed by atoms with Crippen molar-refractivity contribution >= 4 is 17.8 Å². The van der Waals surface area contributed by atoms with Crippen molar-refractivity contribution in [2.45, 2.75) is 51.7 Å². The minimum Gasteiger partial charge on any atom is -0.497 e. The Kier molecular flexibility index (Phi) is 8.49. The predicted molar refractivity (Wildman–Crippen MR) is 133 cm³/mol. The number of aryl methyl sites for hydroxylation is 2. The molecule has 7 nitrogen and oxygen atoms in total. The van der Waals surface area contributed by atoms with Gasteiger partial charge in [0.2, 0.25) is 5.79 Å². The van der Waals surface area contributed by atoms with E-state index in [0.29, 0.717) is 5.56 Å². The molecule has 176 valence electrons. The Morgan fingerprint density at radius 3 is 2.39 bits per heavy atom. The number of nitrogens with one attached hydrogen (secondary N) is 3. The molecule has 0 fully saturated rings. The highest BCUT2D eigenvalue weighted by Crippen LogP contribution is 2.22. The number of ether oxygens (including phenoxy) is 1. The predicted octanol–water partition coefficient (Wildman–Crippen LogP) is 4.61. The van der Waals surface area contributed by atoms with E-state index >= 15 is 0 Å². The monoisotopic (exact) mass is 450 g/mol. The van der Waals surface area contributed by atoms with Gasteiger partial charge >= 0.3 is 0 Å². The van der Waals surface area contributed by atoms with Gasteiger partial charge in [-0.15, -0.1) is 0 Å². The van der Waals surface area contributed by atoms with Gasteiger partial charge in [-0.2, -0.15) is 0 Å². The van der Waals surface area contributed by atoms with E-state index in [2.05, 4.69) is 29.1 Å². The topological polar surface area (TPSA) is 84.0 Å². The Morgan fingerprint density at radius 2 is 1.79 bits per heavy atom. The number of methoxy groups -OCH3 is 1. The van der Waals surface area contributed by atoms with E-state index < -0.39 is 5.79 Å². The zero-order valence-electron chi connectivity index (χ0n) is 19.9. The fourth-order valence-electron chi connectivity index (χ4n) is 3.68. The maximum Gasteiger partial charge on any atom is 0.274 e. The molecule has 0 radical (unpaired) electrons. The smallest absolute Gasteiger partial charge is 0.274 e. The molecule has 0 saturated heterocycles. The number of benzene rings is 2. The number of unbranched alkanes of at least 4 members (excludes halogenated alkanes) is 1. The number of amides is 1. The summed E-state index contributed by atoms with van der Waals surface area (Å²) < 4.78 is 5.21. The van der Waals surface area contributed by atoms with Gasteiger partial charge in [-0.05, 0) is 85.7 Å². The molecular weight excluding hydrogens is 416 g/mol. The number of anilines is 1. The minimum absolute atomic E-state index is 0.224. The number of carbonyl (C=O) groups is 1. The van der Waals surface area contributed by atoms with Crippen molar-refractivity contribution in [1.82, 2.24) is 10.8 Å². The second-order valence-electron chi connectivity index (χ2n) is 8.32. The van der Waals surface area contributed by atoms with E-state index in [4.69, 9.17) is 14.6 Å². The standard InChI is InChI=1S/C26H34N4O3/c1-5-6-7-19-14-20(16-22(15-19)25(31)30-33-4)8-9-21-17-27-26(2,28-18-21)29-23-10-12-24(32-3)13-11-23/h10-18,27,29H,5-9H2,1-4H3,(H,30,31). The first-order chi connectivity index (χ1) is 15.9. The molecule has 1 atom stereocenters. The molecule has 3 N–H and O–H groups in total. The fourth-order valence-corrected chi connectivity index (χ4v) is 3.68. The molecule has 1 heterocycles. The average molecular weight is 451 g/mol. The molecule has 0 saturated carbocycles. The van der Waals surface area contributed by atoms with Crippen LogP contribution in [-0.2, 0) is 17.7 Å². The lowest BCUT2D eigenvalue weighted by molar-refractivity contribution is 0.0537. The van der Waals surface area contributed by atoms with Gasteiger partial charge in [0.15, 0.2) is 0 Å². The highest BCUT2D eigenvalue weighted by Gasteiger charge is 2.23. The van der Waals surface area contributed by atoms with Gasteiger partial charge in [-0.25, -0.2) is 10.5 Å². The molecule has 0 spiro atoms. The van der Waals surface area contributed by atoms with Crippen molar-refractivity contribution in [3.05, 3.63) is 70.9 Å². The van der Waals surface area contributed by atoms with Crippen LogP contribution in [0, 0.1) is 0 Å². The van der Waals surface area contributed by atoms with Crippen molar-refractivity contribution in [2.75, 3.05) is 19.5 Å². The minimum atomic E-state index is -0.621. The molecule has 1 aliphatic rings. The molecule has 2 aromatic rings. The zero-order valence-corrected chi connectivity index (χ0v) is 19.9. The van der Waals surface area contributed by atoms with Crippen molar-refractivity contribution in [2.24, 2.45) is 4.99 Å². The summed E-state index contributed by atoms with van der Waals surface area (Å²) in [6.45, 7) is 4.15. The molecule has 3 rings (SSSR count). The summed E-state index contributed by atoms with van der Waals surface area (Å²) in [5, 5.41) is 6.76. The number of hydrogen-bond acceptors (Lipinski definition) is 6. The Hall–Kier alpha value is -3.32. The second kappa shape index (κ2) is 11.5. The van der Waals surface area contributed by atoms with Crippen LogP contribution < -0.4 is 20.9 Å². The number of aliphatic imine (C=N–C) groups is 1. The largest absolute Gasteiger partial charge is 0.497 e. The van der Waals surface area contributed by atoms with Crippen LogP contribution in [0.3, 0.4) is 0 Å². The summed E-state index contributed by atoms with van der Waals surface area (Å²) >= 11 is 0. The van der Waals surface area contributed by atoms with Crippen molar-refractivity contribution in [1.29, 1.82) is 0 Å². The van der Waals surface area contributed by atoms with Crippen LogP contribution in [0.2, 0.25) is 0 Å². The highest BCUT2D eigenvalue weighted by molar-refractivity contribution is 5.93. The molecule has 7 heteroatoms. The first kappa shape index (κ1) is 24.3. The van der Waals surface area contributed by atoms with Gasteiger partial charge in [0.1, 0.15) is 5.75 Å². The lowest BCUT2D eigenvalue weighted by Crippen LogP contribution is -2.46. The van der Waals surface area contributed by atoms with Gasteiger partial charge in [0, 0.05) is 23.7 Å².